The van der Waals surface area contributed by atoms with Crippen LogP contribution in [0.3, 0.4) is 0 Å². The Morgan fingerprint density at radius 2 is 2.00 bits per heavy atom. The summed E-state index contributed by atoms with van der Waals surface area (Å²) in [6, 6.07) is 12.2. The molecular formula is C17H16N2O3. The summed E-state index contributed by atoms with van der Waals surface area (Å²) in [6.07, 6.45) is 1.57. The number of benzene rings is 1. The number of amides is 1. The maximum absolute atomic E-state index is 12.2. The summed E-state index contributed by atoms with van der Waals surface area (Å²) in [4.78, 5) is 23.8. The molecule has 1 unspecified atom stereocenters. The van der Waals surface area contributed by atoms with Gasteiger partial charge in [0.1, 0.15) is 11.3 Å². The van der Waals surface area contributed by atoms with Crippen molar-refractivity contribution in [2.24, 2.45) is 7.05 Å². The van der Waals surface area contributed by atoms with Gasteiger partial charge in [0.05, 0.1) is 6.04 Å². The summed E-state index contributed by atoms with van der Waals surface area (Å²) in [5.41, 5.74) is 0.905. The van der Waals surface area contributed by atoms with E-state index in [1.165, 1.54) is 10.6 Å². The molecule has 1 amide bonds. The second-order valence-electron chi connectivity index (χ2n) is 5.25. The van der Waals surface area contributed by atoms with Crippen LogP contribution in [-0.4, -0.2) is 10.5 Å². The van der Waals surface area contributed by atoms with E-state index in [0.29, 0.717) is 11.3 Å². The van der Waals surface area contributed by atoms with Gasteiger partial charge in [-0.25, -0.2) is 0 Å². The molecule has 0 aliphatic heterocycles. The zero-order valence-electron chi connectivity index (χ0n) is 12.4. The van der Waals surface area contributed by atoms with E-state index < -0.39 is 0 Å². The van der Waals surface area contributed by atoms with Crippen molar-refractivity contribution in [3.05, 3.63) is 70.3 Å². The van der Waals surface area contributed by atoms with Crippen LogP contribution < -0.4 is 10.9 Å². The monoisotopic (exact) mass is 296 g/mol. The molecule has 0 aliphatic carbocycles. The number of hydrogen-bond acceptors (Lipinski definition) is 3. The van der Waals surface area contributed by atoms with E-state index >= 15 is 0 Å². The predicted octanol–water partition coefficient (Wildman–Crippen LogP) is 2.62. The lowest BCUT2D eigenvalue weighted by Crippen LogP contribution is -2.28. The van der Waals surface area contributed by atoms with Gasteiger partial charge in [-0.05, 0) is 25.1 Å². The predicted molar refractivity (Wildman–Crippen MR) is 83.8 cm³/mol. The summed E-state index contributed by atoms with van der Waals surface area (Å²) in [5, 5.41) is 3.83. The Morgan fingerprint density at radius 1 is 1.23 bits per heavy atom. The Morgan fingerprint density at radius 3 is 2.73 bits per heavy atom. The molecule has 0 saturated heterocycles. The van der Waals surface area contributed by atoms with Crippen molar-refractivity contribution in [3.8, 4) is 0 Å². The number of rotatable bonds is 3. The third kappa shape index (κ3) is 2.65. The Bertz CT molecular complexity index is 859. The molecule has 0 saturated carbocycles. The normalized spacial score (nSPS) is 12.3. The van der Waals surface area contributed by atoms with Crippen LogP contribution in [0.15, 0.2) is 57.9 Å². The van der Waals surface area contributed by atoms with Gasteiger partial charge in [0, 0.05) is 30.3 Å². The molecule has 2 heterocycles. The zero-order chi connectivity index (χ0) is 15.7. The van der Waals surface area contributed by atoms with Gasteiger partial charge in [0.2, 0.25) is 0 Å². The quantitative estimate of drug-likeness (QED) is 0.808. The number of fused-ring (bicyclic) bond motifs is 1. The molecule has 2 aromatic heterocycles. The van der Waals surface area contributed by atoms with E-state index in [4.69, 9.17) is 4.42 Å². The number of aromatic nitrogens is 1. The lowest BCUT2D eigenvalue weighted by Gasteiger charge is -2.11. The van der Waals surface area contributed by atoms with Crippen molar-refractivity contribution in [3.63, 3.8) is 0 Å². The fourth-order valence-corrected chi connectivity index (χ4v) is 2.26. The molecule has 3 rings (SSSR count). The minimum absolute atomic E-state index is 0.218. The molecule has 22 heavy (non-hydrogen) atoms. The zero-order valence-corrected chi connectivity index (χ0v) is 12.4. The first kappa shape index (κ1) is 14.1. The SMILES string of the molecule is CC(NC(=O)c1ccn(C)c(=O)c1)c1cc2ccccc2o1. The second kappa shape index (κ2) is 5.52. The van der Waals surface area contributed by atoms with Crippen molar-refractivity contribution in [2.75, 3.05) is 0 Å². The van der Waals surface area contributed by atoms with Gasteiger partial charge >= 0.3 is 0 Å². The smallest absolute Gasteiger partial charge is 0.252 e. The lowest BCUT2D eigenvalue weighted by molar-refractivity contribution is 0.0935. The molecule has 0 fully saturated rings. The number of pyridine rings is 1. The molecule has 1 N–H and O–H groups in total. The molecule has 1 aromatic carbocycles. The van der Waals surface area contributed by atoms with Crippen molar-refractivity contribution in [2.45, 2.75) is 13.0 Å². The number of furan rings is 1. The average Bonchev–Trinajstić information content (AvgIpc) is 2.94. The fraction of sp³-hybridized carbons (Fsp3) is 0.176. The van der Waals surface area contributed by atoms with Crippen molar-refractivity contribution in [1.82, 2.24) is 9.88 Å². The fourth-order valence-electron chi connectivity index (χ4n) is 2.26. The van der Waals surface area contributed by atoms with Crippen molar-refractivity contribution >= 4 is 16.9 Å². The van der Waals surface area contributed by atoms with Crippen LogP contribution in [0.1, 0.15) is 29.1 Å². The summed E-state index contributed by atoms with van der Waals surface area (Å²) >= 11 is 0. The maximum atomic E-state index is 12.2. The van der Waals surface area contributed by atoms with Crippen LogP contribution in [0.25, 0.3) is 11.0 Å². The Hall–Kier alpha value is -2.82. The molecule has 5 heteroatoms. The molecule has 0 spiro atoms. The van der Waals surface area contributed by atoms with Crippen LogP contribution in [0.5, 0.6) is 0 Å². The molecule has 0 aliphatic rings. The minimum Gasteiger partial charge on any atom is -0.459 e. The number of hydrogen-bond donors (Lipinski definition) is 1. The Balaban J connectivity index is 1.80. The van der Waals surface area contributed by atoms with E-state index in [1.807, 2.05) is 37.3 Å². The topological polar surface area (TPSA) is 64.2 Å². The third-order valence-corrected chi connectivity index (χ3v) is 3.59. The standard InChI is InChI=1S/C17H16N2O3/c1-11(15-9-12-5-3-4-6-14(12)22-15)18-17(21)13-7-8-19(2)16(20)10-13/h3-11H,1-2H3,(H,18,21). The van der Waals surface area contributed by atoms with E-state index in [1.54, 1.807) is 19.3 Å². The third-order valence-electron chi connectivity index (χ3n) is 3.59. The molecular weight excluding hydrogens is 280 g/mol. The van der Waals surface area contributed by atoms with Crippen LogP contribution >= 0.6 is 0 Å². The number of nitrogens with one attached hydrogen (secondary N) is 1. The second-order valence-corrected chi connectivity index (χ2v) is 5.25. The van der Waals surface area contributed by atoms with Gasteiger partial charge in [-0.15, -0.1) is 0 Å². The summed E-state index contributed by atoms with van der Waals surface area (Å²) in [7, 11) is 1.64. The Kier molecular flexibility index (Phi) is 3.55. The molecule has 3 aromatic rings. The molecule has 112 valence electrons. The van der Waals surface area contributed by atoms with Gasteiger partial charge in [0.15, 0.2) is 0 Å². The largest absolute Gasteiger partial charge is 0.459 e. The summed E-state index contributed by atoms with van der Waals surface area (Å²) in [6.45, 7) is 1.84. The van der Waals surface area contributed by atoms with E-state index in [0.717, 1.165) is 11.0 Å². The minimum atomic E-state index is -0.300. The van der Waals surface area contributed by atoms with Crippen LogP contribution in [0.4, 0.5) is 0 Å². The lowest BCUT2D eigenvalue weighted by atomic mass is 10.2. The summed E-state index contributed by atoms with van der Waals surface area (Å²) in [5.74, 6) is 0.379. The van der Waals surface area contributed by atoms with Crippen LogP contribution in [0.2, 0.25) is 0 Å². The number of para-hydroxylation sites is 1. The highest BCUT2D eigenvalue weighted by molar-refractivity contribution is 5.94. The van der Waals surface area contributed by atoms with Gasteiger partial charge < -0.3 is 14.3 Å². The average molecular weight is 296 g/mol. The first-order chi connectivity index (χ1) is 10.5. The molecule has 5 nitrogen and oxygen atoms in total. The van der Waals surface area contributed by atoms with Gasteiger partial charge in [-0.2, -0.15) is 0 Å². The molecule has 0 bridgehead atoms. The molecule has 0 radical (unpaired) electrons. The van der Waals surface area contributed by atoms with Gasteiger partial charge in [0.25, 0.3) is 11.5 Å². The summed E-state index contributed by atoms with van der Waals surface area (Å²) < 4.78 is 7.14. The van der Waals surface area contributed by atoms with Crippen molar-refractivity contribution < 1.29 is 9.21 Å². The number of aryl methyl sites for hydroxylation is 1. The highest BCUT2D eigenvalue weighted by Gasteiger charge is 2.15. The van der Waals surface area contributed by atoms with Gasteiger partial charge in [-0.3, -0.25) is 9.59 Å². The Labute approximate surface area is 127 Å². The first-order valence-electron chi connectivity index (χ1n) is 7.00. The van der Waals surface area contributed by atoms with Gasteiger partial charge in [-0.1, -0.05) is 18.2 Å². The van der Waals surface area contributed by atoms with E-state index in [-0.39, 0.29) is 17.5 Å². The van der Waals surface area contributed by atoms with Crippen molar-refractivity contribution in [1.29, 1.82) is 0 Å². The molecule has 1 atom stereocenters. The van der Waals surface area contributed by atoms with Crippen LogP contribution in [-0.2, 0) is 7.05 Å². The first-order valence-corrected chi connectivity index (χ1v) is 7.00. The van der Waals surface area contributed by atoms with E-state index in [9.17, 15) is 9.59 Å². The number of carbonyl (C=O) groups excluding carboxylic acids is 1. The van der Waals surface area contributed by atoms with E-state index in [2.05, 4.69) is 5.32 Å². The highest BCUT2D eigenvalue weighted by atomic mass is 16.3. The van der Waals surface area contributed by atoms with Crippen LogP contribution in [0, 0.1) is 0 Å². The number of carbonyl (C=O) groups is 1. The number of nitrogens with zero attached hydrogens (tertiary/aromatic N) is 1. The maximum Gasteiger partial charge on any atom is 0.252 e. The highest BCUT2D eigenvalue weighted by Crippen LogP contribution is 2.23.